The zero-order chi connectivity index (χ0) is 11.5. The third-order valence-corrected chi connectivity index (χ3v) is 2.34. The van der Waals surface area contributed by atoms with Crippen molar-refractivity contribution >= 4 is 11.8 Å². The molecule has 0 radical (unpaired) electrons. The summed E-state index contributed by atoms with van der Waals surface area (Å²) in [6.45, 7) is 1.19. The Labute approximate surface area is 87.7 Å². The predicted molar refractivity (Wildman–Crippen MR) is 55.4 cm³/mol. The van der Waals surface area contributed by atoms with Crippen LogP contribution in [0.3, 0.4) is 0 Å². The highest BCUT2D eigenvalue weighted by Crippen LogP contribution is 2.12. The first-order valence-electron chi connectivity index (χ1n) is 4.54. The summed E-state index contributed by atoms with van der Waals surface area (Å²) in [6.07, 6.45) is 0.0124. The molecule has 0 saturated carbocycles. The van der Waals surface area contributed by atoms with Crippen LogP contribution in [-0.4, -0.2) is 22.4 Å². The molecule has 0 aromatic heterocycles. The van der Waals surface area contributed by atoms with E-state index in [-0.39, 0.29) is 6.42 Å². The van der Waals surface area contributed by atoms with Gasteiger partial charge in [-0.15, -0.1) is 0 Å². The van der Waals surface area contributed by atoms with Gasteiger partial charge in [0.1, 0.15) is 0 Å². The molecule has 1 atom stereocenters. The van der Waals surface area contributed by atoms with E-state index in [1.54, 1.807) is 24.3 Å². The second kappa shape index (κ2) is 4.23. The van der Waals surface area contributed by atoms with Crippen molar-refractivity contribution in [2.75, 3.05) is 0 Å². The lowest BCUT2D eigenvalue weighted by Gasteiger charge is -2.21. The Balaban J connectivity index is 2.95. The summed E-state index contributed by atoms with van der Waals surface area (Å²) >= 11 is 0. The maximum Gasteiger partial charge on any atom is 0.331 e. The predicted octanol–water partition coefficient (Wildman–Crippen LogP) is 0.600. The number of carbonyl (C=O) groups excluding carboxylic acids is 1. The minimum atomic E-state index is -1.82. The molecule has 0 saturated heterocycles. The Morgan fingerprint density at radius 3 is 2.27 bits per heavy atom. The molecule has 0 aliphatic rings. The van der Waals surface area contributed by atoms with Crippen molar-refractivity contribution in [3.63, 3.8) is 0 Å². The topological polar surface area (TPSA) is 80.4 Å². The first-order valence-corrected chi connectivity index (χ1v) is 4.54. The summed E-state index contributed by atoms with van der Waals surface area (Å²) in [5.74, 6) is -1.84. The number of carboxylic acids is 1. The Bertz CT molecular complexity index is 359. The minimum absolute atomic E-state index is 0.0124. The maximum absolute atomic E-state index is 11.2. The van der Waals surface area contributed by atoms with Crippen LogP contribution >= 0.6 is 0 Å². The fourth-order valence-corrected chi connectivity index (χ4v) is 1.27. The highest BCUT2D eigenvalue weighted by atomic mass is 16.4. The molecule has 0 bridgehead atoms. The molecule has 0 aliphatic carbocycles. The summed E-state index contributed by atoms with van der Waals surface area (Å²) in [4.78, 5) is 22.1. The Hall–Kier alpha value is -1.68. The number of rotatable bonds is 4. The number of hydrogen-bond acceptors (Lipinski definition) is 3. The lowest BCUT2D eigenvalue weighted by atomic mass is 9.88. The largest absolute Gasteiger partial charge is 0.480 e. The third kappa shape index (κ3) is 2.41. The van der Waals surface area contributed by atoms with Crippen LogP contribution in [0.4, 0.5) is 0 Å². The number of aliphatic carboxylic acids is 1. The lowest BCUT2D eigenvalue weighted by molar-refractivity contribution is -0.147. The Morgan fingerprint density at radius 2 is 1.87 bits per heavy atom. The van der Waals surface area contributed by atoms with Gasteiger partial charge < -0.3 is 10.8 Å². The van der Waals surface area contributed by atoms with E-state index in [9.17, 15) is 9.59 Å². The summed E-state index contributed by atoms with van der Waals surface area (Å²) in [6, 6.07) is 8.85. The van der Waals surface area contributed by atoms with E-state index >= 15 is 0 Å². The van der Waals surface area contributed by atoms with Crippen molar-refractivity contribution in [2.45, 2.75) is 18.9 Å². The van der Waals surface area contributed by atoms with Crippen LogP contribution in [-0.2, 0) is 16.0 Å². The number of Topliss-reactive ketones (excluding diaryl/α,β-unsaturated/α-hetero) is 1. The first-order chi connectivity index (χ1) is 6.97. The fourth-order valence-electron chi connectivity index (χ4n) is 1.27. The van der Waals surface area contributed by atoms with Crippen LogP contribution in [0, 0.1) is 0 Å². The maximum atomic E-state index is 11.2. The van der Waals surface area contributed by atoms with Crippen LogP contribution in [0.2, 0.25) is 0 Å². The molecular weight excluding hydrogens is 194 g/mol. The average molecular weight is 207 g/mol. The highest BCUT2D eigenvalue weighted by Gasteiger charge is 2.39. The van der Waals surface area contributed by atoms with E-state index in [1.165, 1.54) is 6.92 Å². The quantitative estimate of drug-likeness (QED) is 0.708. The fraction of sp³-hybridized carbons (Fsp3) is 0.273. The van der Waals surface area contributed by atoms with Crippen molar-refractivity contribution in [1.82, 2.24) is 0 Å². The van der Waals surface area contributed by atoms with Gasteiger partial charge in [-0.25, -0.2) is 4.79 Å². The molecule has 4 nitrogen and oxygen atoms in total. The van der Waals surface area contributed by atoms with Gasteiger partial charge >= 0.3 is 5.97 Å². The van der Waals surface area contributed by atoms with Crippen molar-refractivity contribution in [1.29, 1.82) is 0 Å². The highest BCUT2D eigenvalue weighted by molar-refractivity contribution is 6.06. The van der Waals surface area contributed by atoms with E-state index in [0.717, 1.165) is 5.56 Å². The van der Waals surface area contributed by atoms with E-state index < -0.39 is 17.3 Å². The molecular formula is C11H13NO3. The van der Waals surface area contributed by atoms with Crippen LogP contribution in [0.5, 0.6) is 0 Å². The van der Waals surface area contributed by atoms with Gasteiger partial charge in [0.25, 0.3) is 0 Å². The second-order valence-corrected chi connectivity index (χ2v) is 3.50. The van der Waals surface area contributed by atoms with Crippen LogP contribution in [0.25, 0.3) is 0 Å². The molecule has 1 aromatic carbocycles. The molecule has 3 N–H and O–H groups in total. The molecule has 0 heterocycles. The molecule has 1 unspecified atom stereocenters. The number of nitrogens with two attached hydrogens (primary N) is 1. The van der Waals surface area contributed by atoms with Crippen molar-refractivity contribution in [3.8, 4) is 0 Å². The normalized spacial score (nSPS) is 14.3. The molecule has 4 heteroatoms. The van der Waals surface area contributed by atoms with Crippen molar-refractivity contribution in [2.24, 2.45) is 5.73 Å². The van der Waals surface area contributed by atoms with Gasteiger partial charge in [0.15, 0.2) is 11.3 Å². The van der Waals surface area contributed by atoms with Gasteiger partial charge in [-0.05, 0) is 12.5 Å². The SMILES string of the molecule is CC(=O)C(N)(Cc1ccccc1)C(=O)O. The average Bonchev–Trinajstić information content (AvgIpc) is 2.18. The van der Waals surface area contributed by atoms with Gasteiger partial charge in [-0.3, -0.25) is 4.79 Å². The van der Waals surface area contributed by atoms with Gasteiger partial charge in [0.05, 0.1) is 0 Å². The van der Waals surface area contributed by atoms with Crippen molar-refractivity contribution in [3.05, 3.63) is 35.9 Å². The molecule has 0 amide bonds. The molecule has 15 heavy (non-hydrogen) atoms. The van der Waals surface area contributed by atoms with E-state index in [0.29, 0.717) is 0 Å². The van der Waals surface area contributed by atoms with E-state index in [4.69, 9.17) is 10.8 Å². The molecule has 0 spiro atoms. The smallest absolute Gasteiger partial charge is 0.331 e. The number of hydrogen-bond donors (Lipinski definition) is 2. The Kier molecular flexibility index (Phi) is 3.21. The van der Waals surface area contributed by atoms with Gasteiger partial charge in [0, 0.05) is 6.42 Å². The van der Waals surface area contributed by atoms with Crippen molar-refractivity contribution < 1.29 is 14.7 Å². The zero-order valence-electron chi connectivity index (χ0n) is 8.43. The number of benzene rings is 1. The second-order valence-electron chi connectivity index (χ2n) is 3.50. The van der Waals surface area contributed by atoms with Crippen LogP contribution in [0.1, 0.15) is 12.5 Å². The zero-order valence-corrected chi connectivity index (χ0v) is 8.43. The molecule has 80 valence electrons. The number of carbonyl (C=O) groups is 2. The summed E-state index contributed by atoms with van der Waals surface area (Å²) < 4.78 is 0. The molecule has 1 rings (SSSR count). The van der Waals surface area contributed by atoms with E-state index in [2.05, 4.69) is 0 Å². The molecule has 1 aromatic rings. The first kappa shape index (κ1) is 11.4. The van der Waals surface area contributed by atoms with Crippen LogP contribution in [0.15, 0.2) is 30.3 Å². The van der Waals surface area contributed by atoms with Gasteiger partial charge in [-0.2, -0.15) is 0 Å². The van der Waals surface area contributed by atoms with E-state index in [1.807, 2.05) is 6.07 Å². The standard InChI is InChI=1S/C11H13NO3/c1-8(13)11(12,10(14)15)7-9-5-3-2-4-6-9/h2-6H,7,12H2,1H3,(H,14,15). The van der Waals surface area contributed by atoms with Gasteiger partial charge in [-0.1, -0.05) is 30.3 Å². The Morgan fingerprint density at radius 1 is 1.33 bits per heavy atom. The number of carboxylic acid groups (broad SMARTS) is 1. The van der Waals surface area contributed by atoms with Gasteiger partial charge in [0.2, 0.25) is 0 Å². The summed E-state index contributed by atoms with van der Waals surface area (Å²) in [5.41, 5.74) is 4.48. The summed E-state index contributed by atoms with van der Waals surface area (Å²) in [7, 11) is 0. The third-order valence-electron chi connectivity index (χ3n) is 2.34. The number of ketones is 1. The minimum Gasteiger partial charge on any atom is -0.480 e. The lowest BCUT2D eigenvalue weighted by Crippen LogP contribution is -2.55. The summed E-state index contributed by atoms with van der Waals surface area (Å²) in [5, 5.41) is 8.92. The molecule has 0 fully saturated rings. The monoisotopic (exact) mass is 207 g/mol. The van der Waals surface area contributed by atoms with Crippen LogP contribution < -0.4 is 5.73 Å². The molecule has 0 aliphatic heterocycles.